The molecule has 1 aromatic heterocycles. The van der Waals surface area contributed by atoms with Crippen molar-refractivity contribution in [3.8, 4) is 5.75 Å². The van der Waals surface area contributed by atoms with Gasteiger partial charge in [0.15, 0.2) is 0 Å². The first-order chi connectivity index (χ1) is 9.69. The monoisotopic (exact) mass is 337 g/mol. The Hall–Kier alpha value is -1.30. The van der Waals surface area contributed by atoms with Crippen LogP contribution in [0.3, 0.4) is 0 Å². The summed E-state index contributed by atoms with van der Waals surface area (Å²) in [7, 11) is 0. The number of hydrogen-bond donors (Lipinski definition) is 2. The standard InChI is InChI=1S/C15H16BrNO3/c16-11-5-7-20-13(11)14(18)15(9-17)6-8-19-12-4-2-1-3-10(12)15/h1-5,7,14,18H,6,8-9,17H2. The Morgan fingerprint density at radius 1 is 1.35 bits per heavy atom. The maximum absolute atomic E-state index is 10.9. The lowest BCUT2D eigenvalue weighted by Gasteiger charge is -2.40. The minimum absolute atomic E-state index is 0.321. The number of para-hydroxylation sites is 1. The van der Waals surface area contributed by atoms with E-state index in [0.717, 1.165) is 15.8 Å². The third-order valence-electron chi connectivity index (χ3n) is 4.01. The van der Waals surface area contributed by atoms with E-state index in [1.54, 1.807) is 12.3 Å². The molecule has 0 spiro atoms. The van der Waals surface area contributed by atoms with Crippen molar-refractivity contribution in [2.45, 2.75) is 17.9 Å². The molecule has 3 rings (SSSR count). The summed E-state index contributed by atoms with van der Waals surface area (Å²) in [4.78, 5) is 0. The van der Waals surface area contributed by atoms with Gasteiger partial charge in [0.05, 0.1) is 17.3 Å². The van der Waals surface area contributed by atoms with E-state index in [4.69, 9.17) is 14.9 Å². The highest BCUT2D eigenvalue weighted by Crippen LogP contribution is 2.47. The zero-order chi connectivity index (χ0) is 14.2. The van der Waals surface area contributed by atoms with E-state index in [9.17, 15) is 5.11 Å². The van der Waals surface area contributed by atoms with Crippen LogP contribution in [0.5, 0.6) is 5.75 Å². The molecule has 2 atom stereocenters. The van der Waals surface area contributed by atoms with Crippen LogP contribution >= 0.6 is 15.9 Å². The molecule has 1 aliphatic heterocycles. The molecule has 2 heterocycles. The molecule has 0 fully saturated rings. The van der Waals surface area contributed by atoms with Crippen LogP contribution in [0.15, 0.2) is 45.5 Å². The fourth-order valence-corrected chi connectivity index (χ4v) is 3.26. The van der Waals surface area contributed by atoms with Crippen LogP contribution in [0, 0.1) is 0 Å². The molecule has 0 saturated heterocycles. The lowest BCUT2D eigenvalue weighted by atomic mass is 9.71. The minimum Gasteiger partial charge on any atom is -0.493 e. The second kappa shape index (κ2) is 5.24. The summed E-state index contributed by atoms with van der Waals surface area (Å²) in [6.45, 7) is 0.852. The molecule has 4 nitrogen and oxygen atoms in total. The largest absolute Gasteiger partial charge is 0.493 e. The van der Waals surface area contributed by atoms with Gasteiger partial charge in [-0.05, 0) is 34.5 Å². The van der Waals surface area contributed by atoms with Crippen molar-refractivity contribution in [1.29, 1.82) is 0 Å². The second-order valence-corrected chi connectivity index (χ2v) is 5.84. The molecule has 0 saturated carbocycles. The van der Waals surface area contributed by atoms with Crippen molar-refractivity contribution in [3.05, 3.63) is 52.4 Å². The summed E-state index contributed by atoms with van der Waals surface area (Å²) >= 11 is 3.40. The van der Waals surface area contributed by atoms with Crippen molar-refractivity contribution in [1.82, 2.24) is 0 Å². The van der Waals surface area contributed by atoms with Crippen LogP contribution in [0.2, 0.25) is 0 Å². The predicted molar refractivity (Wildman–Crippen MR) is 78.7 cm³/mol. The SMILES string of the molecule is NCC1(C(O)c2occc2Br)CCOc2ccccc21. The Kier molecular flexibility index (Phi) is 3.58. The number of aliphatic hydroxyl groups excluding tert-OH is 1. The van der Waals surface area contributed by atoms with Gasteiger partial charge in [-0.3, -0.25) is 0 Å². The van der Waals surface area contributed by atoms with E-state index in [1.807, 2.05) is 24.3 Å². The fourth-order valence-electron chi connectivity index (χ4n) is 2.84. The van der Waals surface area contributed by atoms with Crippen molar-refractivity contribution in [3.63, 3.8) is 0 Å². The van der Waals surface area contributed by atoms with Crippen molar-refractivity contribution in [2.75, 3.05) is 13.2 Å². The molecular weight excluding hydrogens is 322 g/mol. The van der Waals surface area contributed by atoms with Gasteiger partial charge in [-0.2, -0.15) is 0 Å². The zero-order valence-corrected chi connectivity index (χ0v) is 12.5. The minimum atomic E-state index is -0.818. The predicted octanol–water partition coefficient (Wildman–Crippen LogP) is 2.75. The van der Waals surface area contributed by atoms with Gasteiger partial charge < -0.3 is 20.0 Å². The molecule has 5 heteroatoms. The van der Waals surface area contributed by atoms with Crippen molar-refractivity contribution < 1.29 is 14.3 Å². The number of nitrogens with two attached hydrogens (primary N) is 1. The first-order valence-electron chi connectivity index (χ1n) is 6.52. The summed E-state index contributed by atoms with van der Waals surface area (Å²) in [6, 6.07) is 9.49. The maximum atomic E-state index is 10.9. The smallest absolute Gasteiger partial charge is 0.147 e. The van der Waals surface area contributed by atoms with Crippen LogP contribution in [-0.2, 0) is 5.41 Å². The van der Waals surface area contributed by atoms with Gasteiger partial charge >= 0.3 is 0 Å². The number of furan rings is 1. The van der Waals surface area contributed by atoms with Gasteiger partial charge in [-0.1, -0.05) is 18.2 Å². The number of benzene rings is 1. The molecule has 3 N–H and O–H groups in total. The van der Waals surface area contributed by atoms with E-state index in [1.165, 1.54) is 0 Å². The Labute approximate surface area is 125 Å². The summed E-state index contributed by atoms with van der Waals surface area (Å²) in [5.41, 5.74) is 6.38. The number of hydrogen-bond acceptors (Lipinski definition) is 4. The second-order valence-electron chi connectivity index (χ2n) is 4.99. The molecule has 0 radical (unpaired) electrons. The average molecular weight is 338 g/mol. The third-order valence-corrected chi connectivity index (χ3v) is 4.67. The highest BCUT2D eigenvalue weighted by atomic mass is 79.9. The first-order valence-corrected chi connectivity index (χ1v) is 7.31. The topological polar surface area (TPSA) is 68.6 Å². The third kappa shape index (κ3) is 1.97. The van der Waals surface area contributed by atoms with Crippen LogP contribution in [0.25, 0.3) is 0 Å². The number of rotatable bonds is 3. The Morgan fingerprint density at radius 2 is 2.15 bits per heavy atom. The molecule has 2 aromatic rings. The molecule has 0 bridgehead atoms. The van der Waals surface area contributed by atoms with E-state index in [-0.39, 0.29) is 0 Å². The number of fused-ring (bicyclic) bond motifs is 1. The number of aliphatic hydroxyl groups is 1. The first kappa shape index (κ1) is 13.7. The van der Waals surface area contributed by atoms with Crippen LogP contribution < -0.4 is 10.5 Å². The van der Waals surface area contributed by atoms with Crippen LogP contribution in [0.4, 0.5) is 0 Å². The quantitative estimate of drug-likeness (QED) is 0.903. The Bertz CT molecular complexity index is 613. The van der Waals surface area contributed by atoms with E-state index in [0.29, 0.717) is 25.3 Å². The van der Waals surface area contributed by atoms with Gasteiger partial charge in [-0.25, -0.2) is 0 Å². The lowest BCUT2D eigenvalue weighted by molar-refractivity contribution is 0.0369. The van der Waals surface area contributed by atoms with Gasteiger partial charge in [0.2, 0.25) is 0 Å². The summed E-state index contributed by atoms with van der Waals surface area (Å²) in [5, 5.41) is 10.9. The van der Waals surface area contributed by atoms with Crippen molar-refractivity contribution >= 4 is 15.9 Å². The highest BCUT2D eigenvalue weighted by molar-refractivity contribution is 9.10. The molecule has 2 unspecified atom stereocenters. The van der Waals surface area contributed by atoms with Gasteiger partial charge in [0.1, 0.15) is 17.6 Å². The normalized spacial score (nSPS) is 22.9. The molecule has 0 aliphatic carbocycles. The van der Waals surface area contributed by atoms with Gasteiger partial charge in [-0.15, -0.1) is 0 Å². The van der Waals surface area contributed by atoms with E-state index < -0.39 is 11.5 Å². The lowest BCUT2D eigenvalue weighted by Crippen LogP contribution is -2.44. The maximum Gasteiger partial charge on any atom is 0.147 e. The number of ether oxygens (including phenoxy) is 1. The number of halogens is 1. The molecule has 106 valence electrons. The summed E-state index contributed by atoms with van der Waals surface area (Å²) in [5.74, 6) is 1.29. The average Bonchev–Trinajstić information content (AvgIpc) is 2.92. The Balaban J connectivity index is 2.11. The molecule has 1 aromatic carbocycles. The van der Waals surface area contributed by atoms with Crippen molar-refractivity contribution in [2.24, 2.45) is 5.73 Å². The molecule has 20 heavy (non-hydrogen) atoms. The van der Waals surface area contributed by atoms with Crippen LogP contribution in [0.1, 0.15) is 23.8 Å². The zero-order valence-electron chi connectivity index (χ0n) is 10.9. The van der Waals surface area contributed by atoms with E-state index in [2.05, 4.69) is 15.9 Å². The highest BCUT2D eigenvalue weighted by Gasteiger charge is 2.45. The molecule has 1 aliphatic rings. The molecule has 0 amide bonds. The summed E-state index contributed by atoms with van der Waals surface area (Å²) < 4.78 is 11.8. The summed E-state index contributed by atoms with van der Waals surface area (Å²) in [6.07, 6.45) is 1.38. The van der Waals surface area contributed by atoms with Crippen LogP contribution in [-0.4, -0.2) is 18.3 Å². The van der Waals surface area contributed by atoms with Gasteiger partial charge in [0.25, 0.3) is 0 Å². The Morgan fingerprint density at radius 3 is 2.85 bits per heavy atom. The fraction of sp³-hybridized carbons (Fsp3) is 0.333. The van der Waals surface area contributed by atoms with E-state index >= 15 is 0 Å². The molecular formula is C15H16BrNO3. The van der Waals surface area contributed by atoms with Gasteiger partial charge in [0, 0.05) is 17.5 Å².